The Morgan fingerprint density at radius 3 is 2.69 bits per heavy atom. The summed E-state index contributed by atoms with van der Waals surface area (Å²) in [4.78, 5) is 15.0. The van der Waals surface area contributed by atoms with E-state index < -0.39 is 0 Å². The summed E-state index contributed by atoms with van der Waals surface area (Å²) in [6, 6.07) is 10.2. The molecule has 0 N–H and O–H groups in total. The fourth-order valence-electron chi connectivity index (χ4n) is 2.16. The molecule has 82 valence electrons. The quantitative estimate of drug-likeness (QED) is 0.738. The Balaban J connectivity index is 1.96. The van der Waals surface area contributed by atoms with E-state index in [9.17, 15) is 4.79 Å². The van der Waals surface area contributed by atoms with Crippen LogP contribution >= 0.6 is 11.3 Å². The van der Waals surface area contributed by atoms with Gasteiger partial charge < -0.3 is 4.90 Å². The maximum absolute atomic E-state index is 12.2. The first kappa shape index (κ1) is 9.85. The topological polar surface area (TPSA) is 20.3 Å². The number of hydrogen-bond acceptors (Lipinski definition) is 2. The molecule has 2 aromatic rings. The second kappa shape index (κ2) is 3.91. The first-order chi connectivity index (χ1) is 7.84. The van der Waals surface area contributed by atoms with Gasteiger partial charge in [-0.05, 0) is 30.4 Å². The van der Waals surface area contributed by atoms with Gasteiger partial charge in [0.15, 0.2) is 0 Å². The number of nitrogens with zero attached hydrogens (tertiary/aromatic N) is 1. The van der Waals surface area contributed by atoms with Gasteiger partial charge in [-0.3, -0.25) is 4.79 Å². The van der Waals surface area contributed by atoms with Crippen molar-refractivity contribution in [1.82, 2.24) is 4.90 Å². The number of rotatable bonds is 1. The largest absolute Gasteiger partial charge is 0.338 e. The summed E-state index contributed by atoms with van der Waals surface area (Å²) in [6.07, 6.45) is 2.30. The number of carbonyl (C=O) groups excluding carboxylic acids is 1. The van der Waals surface area contributed by atoms with E-state index in [1.54, 1.807) is 11.3 Å². The molecule has 0 unspecified atom stereocenters. The van der Waals surface area contributed by atoms with Gasteiger partial charge in [-0.25, -0.2) is 0 Å². The summed E-state index contributed by atoms with van der Waals surface area (Å²) in [5.74, 6) is 0.207. The molecule has 1 fully saturated rings. The SMILES string of the molecule is O=C(c1cc2ccccc2s1)N1CCCC1. The molecule has 1 aromatic heterocycles. The molecule has 2 heterocycles. The minimum Gasteiger partial charge on any atom is -0.338 e. The minimum atomic E-state index is 0.207. The lowest BCUT2D eigenvalue weighted by Gasteiger charge is -2.13. The highest BCUT2D eigenvalue weighted by Gasteiger charge is 2.20. The van der Waals surface area contributed by atoms with Gasteiger partial charge in [0.05, 0.1) is 4.88 Å². The van der Waals surface area contributed by atoms with Crippen molar-refractivity contribution in [1.29, 1.82) is 0 Å². The van der Waals surface area contributed by atoms with Crippen LogP contribution in [-0.4, -0.2) is 23.9 Å². The number of likely N-dealkylation sites (tertiary alicyclic amines) is 1. The normalized spacial score (nSPS) is 15.9. The summed E-state index contributed by atoms with van der Waals surface area (Å²) in [5, 5.41) is 1.18. The fourth-order valence-corrected chi connectivity index (χ4v) is 3.19. The summed E-state index contributed by atoms with van der Waals surface area (Å²) in [5.41, 5.74) is 0. The van der Waals surface area contributed by atoms with E-state index in [0.29, 0.717) is 0 Å². The predicted molar refractivity (Wildman–Crippen MR) is 67.0 cm³/mol. The Hall–Kier alpha value is -1.35. The molecular formula is C13H13NOS. The van der Waals surface area contributed by atoms with Gasteiger partial charge in [0, 0.05) is 17.8 Å². The van der Waals surface area contributed by atoms with Crippen LogP contribution in [0.4, 0.5) is 0 Å². The number of thiophene rings is 1. The van der Waals surface area contributed by atoms with Crippen LogP contribution in [0.25, 0.3) is 10.1 Å². The molecule has 16 heavy (non-hydrogen) atoms. The maximum atomic E-state index is 12.2. The molecule has 0 saturated carbocycles. The molecule has 0 spiro atoms. The summed E-state index contributed by atoms with van der Waals surface area (Å²) in [7, 11) is 0. The molecule has 0 radical (unpaired) electrons. The van der Waals surface area contributed by atoms with E-state index in [1.807, 2.05) is 23.1 Å². The van der Waals surface area contributed by atoms with Crippen LogP contribution in [0.15, 0.2) is 30.3 Å². The molecule has 2 nitrogen and oxygen atoms in total. The molecule has 1 amide bonds. The van der Waals surface area contributed by atoms with Crippen LogP contribution in [0.5, 0.6) is 0 Å². The second-order valence-electron chi connectivity index (χ2n) is 4.15. The van der Waals surface area contributed by atoms with Crippen molar-refractivity contribution >= 4 is 27.3 Å². The standard InChI is InChI=1S/C13H13NOS/c15-13(14-7-3-4-8-14)12-9-10-5-1-2-6-11(10)16-12/h1-2,5-6,9H,3-4,7-8H2. The van der Waals surface area contributed by atoms with Gasteiger partial charge in [0.2, 0.25) is 0 Å². The summed E-state index contributed by atoms with van der Waals surface area (Å²) >= 11 is 1.60. The van der Waals surface area contributed by atoms with E-state index in [-0.39, 0.29) is 5.91 Å². The first-order valence-corrected chi connectivity index (χ1v) is 6.44. The number of hydrogen-bond donors (Lipinski definition) is 0. The Labute approximate surface area is 98.5 Å². The third-order valence-corrected chi connectivity index (χ3v) is 4.13. The molecule has 3 rings (SSSR count). The number of amides is 1. The Morgan fingerprint density at radius 1 is 1.19 bits per heavy atom. The molecule has 1 saturated heterocycles. The Kier molecular flexibility index (Phi) is 2.40. The highest BCUT2D eigenvalue weighted by molar-refractivity contribution is 7.20. The zero-order valence-corrected chi connectivity index (χ0v) is 9.80. The van der Waals surface area contributed by atoms with Gasteiger partial charge in [0.25, 0.3) is 5.91 Å². The van der Waals surface area contributed by atoms with Crippen LogP contribution < -0.4 is 0 Å². The monoisotopic (exact) mass is 231 g/mol. The highest BCUT2D eigenvalue weighted by Crippen LogP contribution is 2.27. The van der Waals surface area contributed by atoms with Crippen molar-refractivity contribution in [2.75, 3.05) is 13.1 Å². The number of carbonyl (C=O) groups is 1. The van der Waals surface area contributed by atoms with Crippen LogP contribution in [0, 0.1) is 0 Å². The van der Waals surface area contributed by atoms with Crippen molar-refractivity contribution in [3.63, 3.8) is 0 Å². The zero-order valence-electron chi connectivity index (χ0n) is 8.98. The Bertz CT molecular complexity index is 492. The van der Waals surface area contributed by atoms with Crippen LogP contribution in [0.1, 0.15) is 22.5 Å². The van der Waals surface area contributed by atoms with E-state index in [4.69, 9.17) is 0 Å². The molecular weight excluding hydrogens is 218 g/mol. The van der Waals surface area contributed by atoms with Crippen molar-refractivity contribution < 1.29 is 4.79 Å². The van der Waals surface area contributed by atoms with Crippen molar-refractivity contribution in [2.45, 2.75) is 12.8 Å². The molecule has 3 heteroatoms. The van der Waals surface area contributed by atoms with Gasteiger partial charge in [-0.15, -0.1) is 11.3 Å². The van der Waals surface area contributed by atoms with E-state index in [1.165, 1.54) is 10.1 Å². The predicted octanol–water partition coefficient (Wildman–Crippen LogP) is 3.14. The summed E-state index contributed by atoms with van der Waals surface area (Å²) < 4.78 is 1.20. The first-order valence-electron chi connectivity index (χ1n) is 5.62. The number of benzene rings is 1. The van der Waals surface area contributed by atoms with Crippen molar-refractivity contribution in [3.8, 4) is 0 Å². The highest BCUT2D eigenvalue weighted by atomic mass is 32.1. The lowest BCUT2D eigenvalue weighted by atomic mass is 10.2. The third kappa shape index (κ3) is 1.61. The average molecular weight is 231 g/mol. The van der Waals surface area contributed by atoms with E-state index in [0.717, 1.165) is 30.8 Å². The molecule has 1 aliphatic heterocycles. The van der Waals surface area contributed by atoms with Gasteiger partial charge in [0.1, 0.15) is 0 Å². The van der Waals surface area contributed by atoms with Crippen LogP contribution in [-0.2, 0) is 0 Å². The van der Waals surface area contributed by atoms with Crippen LogP contribution in [0.2, 0.25) is 0 Å². The molecule has 0 bridgehead atoms. The maximum Gasteiger partial charge on any atom is 0.263 e. The molecule has 1 aromatic carbocycles. The fraction of sp³-hybridized carbons (Fsp3) is 0.308. The number of fused-ring (bicyclic) bond motifs is 1. The summed E-state index contributed by atoms with van der Waals surface area (Å²) in [6.45, 7) is 1.85. The molecule has 0 atom stereocenters. The second-order valence-corrected chi connectivity index (χ2v) is 5.23. The Morgan fingerprint density at radius 2 is 1.94 bits per heavy atom. The lowest BCUT2D eigenvalue weighted by Crippen LogP contribution is -2.26. The molecule has 0 aliphatic carbocycles. The minimum absolute atomic E-state index is 0.207. The van der Waals surface area contributed by atoms with Gasteiger partial charge >= 0.3 is 0 Å². The third-order valence-electron chi connectivity index (χ3n) is 3.03. The van der Waals surface area contributed by atoms with Crippen LogP contribution in [0.3, 0.4) is 0 Å². The van der Waals surface area contributed by atoms with E-state index in [2.05, 4.69) is 12.1 Å². The lowest BCUT2D eigenvalue weighted by molar-refractivity contribution is 0.0797. The van der Waals surface area contributed by atoms with Crippen molar-refractivity contribution in [3.05, 3.63) is 35.2 Å². The van der Waals surface area contributed by atoms with Gasteiger partial charge in [-0.2, -0.15) is 0 Å². The zero-order chi connectivity index (χ0) is 11.0. The smallest absolute Gasteiger partial charge is 0.263 e. The van der Waals surface area contributed by atoms with E-state index >= 15 is 0 Å². The van der Waals surface area contributed by atoms with Gasteiger partial charge in [-0.1, -0.05) is 18.2 Å². The van der Waals surface area contributed by atoms with Crippen molar-refractivity contribution in [2.24, 2.45) is 0 Å². The average Bonchev–Trinajstić information content (AvgIpc) is 2.97. The molecule has 1 aliphatic rings.